The SMILES string of the molecule is O=P([O-])([O-])O[C@H]1[C@H](OP(=O)([O-])[O-])[C@@H](OP(=O)([O-])[O-])[C@H](OP(=O)([O-])[O-])[C@@H](OP(=O)([O-])[O-])[C@H]1OP(=O)([O-])[O-].[K+].[K+].[K+].[K+].[K+].[K+].[K+].[K+].[K+].[K+].[K+].[K+]. The first-order valence-corrected chi connectivity index (χ1v) is 16.6. The summed E-state index contributed by atoms with van der Waals surface area (Å²) in [6.07, 6.45) is -21.5. The van der Waals surface area contributed by atoms with Crippen molar-refractivity contribution in [3.05, 3.63) is 0 Å². The van der Waals surface area contributed by atoms with Crippen LogP contribution < -0.4 is 675 Å². The van der Waals surface area contributed by atoms with E-state index in [0.29, 0.717) is 0 Å². The largest absolute Gasteiger partial charge is 1.00 e. The molecule has 0 bridgehead atoms. The van der Waals surface area contributed by atoms with Crippen molar-refractivity contribution in [2.75, 3.05) is 0 Å². The maximum Gasteiger partial charge on any atom is 1.00 e. The summed E-state index contributed by atoms with van der Waals surface area (Å²) in [5, 5.41) is 0. The van der Waals surface area contributed by atoms with Gasteiger partial charge in [-0.15, -0.1) is 0 Å². The normalized spacial score (nSPS) is 22.0. The van der Waals surface area contributed by atoms with Gasteiger partial charge < -0.3 is 113 Å². The van der Waals surface area contributed by atoms with Crippen LogP contribution in [0.3, 0.4) is 0 Å². The molecule has 1 saturated carbocycles. The number of hydrogen-bond acceptors (Lipinski definition) is 24. The second kappa shape index (κ2) is 45.9. The van der Waals surface area contributed by atoms with E-state index < -0.39 is 83.6 Å². The average molecular weight is 1120 g/mol. The Labute approximate surface area is 784 Å². The Morgan fingerprint density at radius 2 is 0.292 bits per heavy atom. The second-order valence-corrected chi connectivity index (χ2v) is 12.7. The standard InChI is InChI=1S/C6H18O24P6.12K/c7-31(8,9)25-1-2(26-32(10,11)12)4(28-34(16,17)18)6(30-36(22,23)24)5(29-35(19,20)21)3(1)27-33(13,14)15;;;;;;;;;;;;/h1-6H,(H2,7,8,9)(H2,10,11,12)(H2,13,14,15)(H2,16,17,18)(H2,19,20,21)(H2,22,23,24);;;;;;;;;;;;/q;12*+1/p-12/t1-,2-,3-,4+,5-,6-;;;;;;;;;;;;. The Morgan fingerprint density at radius 3 is 0.333 bits per heavy atom. The monoisotopic (exact) mass is 1120 g/mol. The molecule has 0 aromatic heterocycles. The van der Waals surface area contributed by atoms with Gasteiger partial charge in [0.15, 0.2) is 0 Å². The Morgan fingerprint density at radius 1 is 0.229 bits per heavy atom. The van der Waals surface area contributed by atoms with E-state index >= 15 is 0 Å². The molecule has 48 heavy (non-hydrogen) atoms. The van der Waals surface area contributed by atoms with Gasteiger partial charge in [-0.1, -0.05) is 0 Å². The molecule has 1 fully saturated rings. The predicted octanol–water partition coefficient (Wildman–Crippen LogP) is -46.7. The molecular formula is C6H6K12O24P6. The molecule has 24 nitrogen and oxygen atoms in total. The second-order valence-electron chi connectivity index (χ2n) is 6.10. The van der Waals surface area contributed by atoms with E-state index in [-0.39, 0.29) is 617 Å². The van der Waals surface area contributed by atoms with Crippen LogP contribution in [0.1, 0.15) is 0 Å². The summed E-state index contributed by atoms with van der Waals surface area (Å²) in [5.74, 6) is 0. The molecule has 42 heteroatoms. The molecule has 0 atom stereocenters. The third kappa shape index (κ3) is 51.2. The van der Waals surface area contributed by atoms with E-state index in [2.05, 4.69) is 27.1 Å². The van der Waals surface area contributed by atoms with Crippen molar-refractivity contribution in [1.82, 2.24) is 0 Å². The van der Waals surface area contributed by atoms with Crippen LogP contribution in [-0.2, 0) is 54.5 Å². The third-order valence-corrected chi connectivity index (χ3v) is 6.46. The molecule has 0 amide bonds. The molecule has 0 saturated heterocycles. The van der Waals surface area contributed by atoms with Crippen LogP contribution in [0.4, 0.5) is 0 Å². The number of hydrogen-bond donors (Lipinski definition) is 0. The molecule has 1 rings (SSSR count). The van der Waals surface area contributed by atoms with Gasteiger partial charge in [0.05, 0.1) is 46.9 Å². The van der Waals surface area contributed by atoms with Gasteiger partial charge in [0.25, 0.3) is 0 Å². The van der Waals surface area contributed by atoms with Crippen molar-refractivity contribution in [1.29, 1.82) is 0 Å². The van der Waals surface area contributed by atoms with E-state index in [9.17, 15) is 86.1 Å². The topological polar surface area (TPSA) is 435 Å². The Bertz CT molecular complexity index is 857. The van der Waals surface area contributed by atoms with Gasteiger partial charge in [0, 0.05) is 0 Å². The fourth-order valence-electron chi connectivity index (χ4n) is 2.74. The molecule has 0 aliphatic heterocycles. The fourth-order valence-corrected chi connectivity index (χ4v) is 5.96. The van der Waals surface area contributed by atoms with Crippen LogP contribution in [0, 0.1) is 0 Å². The molecule has 1 aliphatic carbocycles. The zero-order valence-corrected chi connectivity index (χ0v) is 70.8. The van der Waals surface area contributed by atoms with Crippen molar-refractivity contribution in [3.8, 4) is 0 Å². The van der Waals surface area contributed by atoms with E-state index in [1.54, 1.807) is 0 Å². The first-order chi connectivity index (χ1) is 15.6. The molecule has 0 aromatic carbocycles. The minimum absolute atomic E-state index is 0. The molecule has 0 spiro atoms. The van der Waals surface area contributed by atoms with Gasteiger partial charge >= 0.3 is 617 Å². The summed E-state index contributed by atoms with van der Waals surface area (Å²) >= 11 is 0. The molecular weight excluding hydrogens is 1110 g/mol. The van der Waals surface area contributed by atoms with Gasteiger partial charge in [0.2, 0.25) is 0 Å². The minimum Gasteiger partial charge on any atom is -0.790 e. The van der Waals surface area contributed by atoms with Crippen LogP contribution >= 0.6 is 46.9 Å². The zero-order valence-electron chi connectivity index (χ0n) is 27.9. The smallest absolute Gasteiger partial charge is 0.790 e. The van der Waals surface area contributed by atoms with Gasteiger partial charge in [-0.2, -0.15) is 0 Å². The first-order valence-electron chi connectivity index (χ1n) is 7.80. The molecule has 0 unspecified atom stereocenters. The van der Waals surface area contributed by atoms with E-state index in [1.807, 2.05) is 0 Å². The van der Waals surface area contributed by atoms with E-state index in [1.165, 1.54) is 0 Å². The average Bonchev–Trinajstić information content (AvgIpc) is 2.51. The number of rotatable bonds is 12. The van der Waals surface area contributed by atoms with Crippen molar-refractivity contribution in [2.24, 2.45) is 0 Å². The van der Waals surface area contributed by atoms with Gasteiger partial charge in [0.1, 0.15) is 36.6 Å². The Kier molecular flexibility index (Phi) is 93.3. The molecule has 216 valence electrons. The van der Waals surface area contributed by atoms with Gasteiger partial charge in [-0.3, -0.25) is 0 Å². The summed E-state index contributed by atoms with van der Waals surface area (Å²) < 4.78 is 88.3. The summed E-state index contributed by atoms with van der Waals surface area (Å²) in [7, 11) is -40.1. The van der Waals surface area contributed by atoms with Crippen molar-refractivity contribution < 1.29 is 730 Å². The van der Waals surface area contributed by atoms with Crippen molar-refractivity contribution in [2.45, 2.75) is 36.6 Å². The third-order valence-electron chi connectivity index (χ3n) is 3.45. The molecule has 0 radical (unpaired) electrons. The van der Waals surface area contributed by atoms with Crippen LogP contribution in [0.2, 0.25) is 0 Å². The maximum absolute atomic E-state index is 11.1. The van der Waals surface area contributed by atoms with Crippen LogP contribution in [0.25, 0.3) is 0 Å². The number of phosphoric ester groups is 6. The molecule has 0 aromatic rings. The maximum atomic E-state index is 11.1. The van der Waals surface area contributed by atoms with Crippen molar-refractivity contribution >= 4 is 46.9 Å². The summed E-state index contributed by atoms with van der Waals surface area (Å²) in [6, 6.07) is 0. The molecule has 0 N–H and O–H groups in total. The van der Waals surface area contributed by atoms with Gasteiger partial charge in [-0.05, 0) is 0 Å². The van der Waals surface area contributed by atoms with Crippen LogP contribution in [0.5, 0.6) is 0 Å². The summed E-state index contributed by atoms with van der Waals surface area (Å²) in [6.45, 7) is 0. The quantitative estimate of drug-likeness (QED) is 0.129. The van der Waals surface area contributed by atoms with Crippen molar-refractivity contribution in [3.63, 3.8) is 0 Å². The zero-order chi connectivity index (χ0) is 28.7. The Balaban J connectivity index is -0.000000108. The first kappa shape index (κ1) is 97.6. The van der Waals surface area contributed by atoms with Gasteiger partial charge in [-0.25, -0.2) is 0 Å². The van der Waals surface area contributed by atoms with Crippen LogP contribution in [-0.4, -0.2) is 36.6 Å². The predicted molar refractivity (Wildman–Crippen MR) is 74.9 cm³/mol. The minimum atomic E-state index is -6.68. The molecule has 0 heterocycles. The summed E-state index contributed by atoms with van der Waals surface area (Å²) in [5.41, 5.74) is 0. The molecule has 1 aliphatic rings. The number of phosphoric acid groups is 6. The summed E-state index contributed by atoms with van der Waals surface area (Å²) in [4.78, 5) is 133. The Hall–Kier alpha value is 20.3. The van der Waals surface area contributed by atoms with E-state index in [0.717, 1.165) is 0 Å². The fraction of sp³-hybridized carbons (Fsp3) is 1.00. The van der Waals surface area contributed by atoms with E-state index in [4.69, 9.17) is 0 Å². The van der Waals surface area contributed by atoms with Crippen LogP contribution in [0.15, 0.2) is 0 Å².